The van der Waals surface area contributed by atoms with E-state index in [2.05, 4.69) is 50.3 Å². The van der Waals surface area contributed by atoms with Gasteiger partial charge in [-0.1, -0.05) is 48.5 Å². The monoisotopic (exact) mass is 379 g/mol. The maximum Gasteiger partial charge on any atom is 0.227 e. The molecule has 2 aromatic carbocycles. The van der Waals surface area contributed by atoms with Crippen LogP contribution in [0.2, 0.25) is 0 Å². The number of benzene rings is 2. The normalized spacial score (nSPS) is 15.1. The van der Waals surface area contributed by atoms with Crippen molar-refractivity contribution in [1.82, 2.24) is 19.7 Å². The predicted octanol–water partition coefficient (Wildman–Crippen LogP) is 2.91. The molecule has 0 bridgehead atoms. The van der Waals surface area contributed by atoms with E-state index in [1.54, 1.807) is 12.1 Å². The summed E-state index contributed by atoms with van der Waals surface area (Å²) in [7, 11) is 1.97. The SMILES string of the molecule is Cn1c(Cc2ccccc2F)nnc1N1CCN(CCc2ccccc2)CC1. The minimum absolute atomic E-state index is 0.195. The average molecular weight is 379 g/mol. The Labute approximate surface area is 165 Å². The van der Waals surface area contributed by atoms with E-state index >= 15 is 0 Å². The molecular formula is C22H26FN5. The van der Waals surface area contributed by atoms with Crippen molar-refractivity contribution in [1.29, 1.82) is 0 Å². The molecule has 1 aromatic heterocycles. The van der Waals surface area contributed by atoms with Gasteiger partial charge in [0, 0.05) is 46.2 Å². The number of hydrogen-bond donors (Lipinski definition) is 0. The minimum Gasteiger partial charge on any atom is -0.338 e. The summed E-state index contributed by atoms with van der Waals surface area (Å²) in [6, 6.07) is 17.5. The Hall–Kier alpha value is -2.73. The molecule has 0 N–H and O–H groups in total. The molecule has 1 aliphatic heterocycles. The quantitative estimate of drug-likeness (QED) is 0.660. The molecule has 28 heavy (non-hydrogen) atoms. The van der Waals surface area contributed by atoms with Gasteiger partial charge in [0.25, 0.3) is 0 Å². The van der Waals surface area contributed by atoms with E-state index in [1.165, 1.54) is 11.6 Å². The molecule has 0 spiro atoms. The van der Waals surface area contributed by atoms with E-state index in [0.29, 0.717) is 12.0 Å². The Bertz CT molecular complexity index is 900. The van der Waals surface area contributed by atoms with Crippen molar-refractivity contribution in [3.63, 3.8) is 0 Å². The standard InChI is InChI=1S/C22H26FN5/c1-26-21(17-19-9-5-6-10-20(19)23)24-25-22(26)28-15-13-27(14-16-28)12-11-18-7-3-2-4-8-18/h2-10H,11-17H2,1H3. The van der Waals surface area contributed by atoms with E-state index in [9.17, 15) is 4.39 Å². The first-order valence-corrected chi connectivity index (χ1v) is 9.83. The molecule has 0 radical (unpaired) electrons. The van der Waals surface area contributed by atoms with E-state index < -0.39 is 0 Å². The fraction of sp³-hybridized carbons (Fsp3) is 0.364. The van der Waals surface area contributed by atoms with Gasteiger partial charge in [-0.25, -0.2) is 4.39 Å². The second-order valence-corrected chi connectivity index (χ2v) is 7.31. The third-order valence-corrected chi connectivity index (χ3v) is 5.46. The van der Waals surface area contributed by atoms with Crippen molar-refractivity contribution in [2.45, 2.75) is 12.8 Å². The third-order valence-electron chi connectivity index (χ3n) is 5.46. The Balaban J connectivity index is 1.33. The Kier molecular flexibility index (Phi) is 5.67. The summed E-state index contributed by atoms with van der Waals surface area (Å²) < 4.78 is 15.9. The molecule has 3 aromatic rings. The predicted molar refractivity (Wildman–Crippen MR) is 109 cm³/mol. The molecule has 6 heteroatoms. The van der Waals surface area contributed by atoms with Crippen molar-refractivity contribution in [3.8, 4) is 0 Å². The molecule has 0 atom stereocenters. The number of rotatable bonds is 6. The summed E-state index contributed by atoms with van der Waals surface area (Å²) in [6.45, 7) is 4.97. The van der Waals surface area contributed by atoms with Crippen LogP contribution < -0.4 is 4.90 Å². The molecule has 0 amide bonds. The molecule has 4 rings (SSSR count). The number of anilines is 1. The highest BCUT2D eigenvalue weighted by Crippen LogP contribution is 2.18. The lowest BCUT2D eigenvalue weighted by Gasteiger charge is -2.35. The topological polar surface area (TPSA) is 37.2 Å². The van der Waals surface area contributed by atoms with Crippen LogP contribution in [0.1, 0.15) is 17.0 Å². The summed E-state index contributed by atoms with van der Waals surface area (Å²) >= 11 is 0. The molecule has 146 valence electrons. The van der Waals surface area contributed by atoms with Crippen LogP contribution in [0.4, 0.5) is 10.3 Å². The zero-order valence-electron chi connectivity index (χ0n) is 16.3. The van der Waals surface area contributed by atoms with Gasteiger partial charge in [0.2, 0.25) is 5.95 Å². The summed E-state index contributed by atoms with van der Waals surface area (Å²) in [5, 5.41) is 8.70. The Morgan fingerprint density at radius 2 is 1.61 bits per heavy atom. The van der Waals surface area contributed by atoms with Gasteiger partial charge in [0.15, 0.2) is 0 Å². The van der Waals surface area contributed by atoms with Crippen LogP contribution in [0.15, 0.2) is 54.6 Å². The van der Waals surface area contributed by atoms with Crippen molar-refractivity contribution in [2.75, 3.05) is 37.6 Å². The van der Waals surface area contributed by atoms with E-state index in [-0.39, 0.29) is 5.82 Å². The Morgan fingerprint density at radius 3 is 2.36 bits per heavy atom. The first-order chi connectivity index (χ1) is 13.7. The summed E-state index contributed by atoms with van der Waals surface area (Å²) in [6.07, 6.45) is 1.53. The fourth-order valence-corrected chi connectivity index (χ4v) is 3.70. The lowest BCUT2D eigenvalue weighted by atomic mass is 10.1. The molecular weight excluding hydrogens is 353 g/mol. The van der Waals surface area contributed by atoms with Crippen LogP contribution in [-0.4, -0.2) is 52.4 Å². The maximum atomic E-state index is 13.9. The molecule has 1 aliphatic rings. The highest BCUT2D eigenvalue weighted by Gasteiger charge is 2.22. The summed E-state index contributed by atoms with van der Waals surface area (Å²) in [4.78, 5) is 4.77. The summed E-state index contributed by atoms with van der Waals surface area (Å²) in [5.41, 5.74) is 2.03. The molecule has 1 saturated heterocycles. The van der Waals surface area contributed by atoms with Gasteiger partial charge in [0.05, 0.1) is 0 Å². The lowest BCUT2D eigenvalue weighted by Crippen LogP contribution is -2.47. The Morgan fingerprint density at radius 1 is 0.893 bits per heavy atom. The van der Waals surface area contributed by atoms with Gasteiger partial charge in [0.1, 0.15) is 11.6 Å². The minimum atomic E-state index is -0.195. The highest BCUT2D eigenvalue weighted by atomic mass is 19.1. The van der Waals surface area contributed by atoms with Gasteiger partial charge in [-0.15, -0.1) is 10.2 Å². The molecule has 2 heterocycles. The van der Waals surface area contributed by atoms with Crippen LogP contribution in [0, 0.1) is 5.82 Å². The van der Waals surface area contributed by atoms with E-state index in [1.807, 2.05) is 17.7 Å². The van der Waals surface area contributed by atoms with Crippen LogP contribution in [-0.2, 0) is 19.9 Å². The number of halogens is 1. The largest absolute Gasteiger partial charge is 0.338 e. The van der Waals surface area contributed by atoms with Gasteiger partial charge in [-0.3, -0.25) is 4.90 Å². The van der Waals surface area contributed by atoms with Crippen molar-refractivity contribution < 1.29 is 4.39 Å². The second-order valence-electron chi connectivity index (χ2n) is 7.31. The van der Waals surface area contributed by atoms with E-state index in [4.69, 9.17) is 0 Å². The van der Waals surface area contributed by atoms with Crippen LogP contribution >= 0.6 is 0 Å². The number of aromatic nitrogens is 3. The smallest absolute Gasteiger partial charge is 0.227 e. The van der Waals surface area contributed by atoms with Crippen LogP contribution in [0.25, 0.3) is 0 Å². The van der Waals surface area contributed by atoms with E-state index in [0.717, 1.165) is 50.9 Å². The van der Waals surface area contributed by atoms with Crippen molar-refractivity contribution in [3.05, 3.63) is 77.4 Å². The summed E-state index contributed by atoms with van der Waals surface area (Å²) in [5.74, 6) is 1.46. The maximum absolute atomic E-state index is 13.9. The average Bonchev–Trinajstić information content (AvgIpc) is 3.09. The third kappa shape index (κ3) is 4.22. The highest BCUT2D eigenvalue weighted by molar-refractivity contribution is 5.33. The second kappa shape index (κ2) is 8.52. The fourth-order valence-electron chi connectivity index (χ4n) is 3.70. The number of hydrogen-bond acceptors (Lipinski definition) is 4. The first kappa shape index (κ1) is 18.6. The number of piperazine rings is 1. The van der Waals surface area contributed by atoms with Gasteiger partial charge in [-0.05, 0) is 23.6 Å². The zero-order valence-corrected chi connectivity index (χ0v) is 16.3. The molecule has 0 unspecified atom stereocenters. The van der Waals surface area contributed by atoms with Gasteiger partial charge < -0.3 is 9.47 Å². The molecule has 0 saturated carbocycles. The van der Waals surface area contributed by atoms with Crippen LogP contribution in [0.3, 0.4) is 0 Å². The molecule has 1 fully saturated rings. The van der Waals surface area contributed by atoms with Crippen LogP contribution in [0.5, 0.6) is 0 Å². The van der Waals surface area contributed by atoms with Crippen molar-refractivity contribution in [2.24, 2.45) is 7.05 Å². The van der Waals surface area contributed by atoms with Gasteiger partial charge >= 0.3 is 0 Å². The van der Waals surface area contributed by atoms with Crippen molar-refractivity contribution >= 4 is 5.95 Å². The first-order valence-electron chi connectivity index (χ1n) is 9.83. The lowest BCUT2D eigenvalue weighted by molar-refractivity contribution is 0.259. The number of nitrogens with zero attached hydrogens (tertiary/aromatic N) is 5. The molecule has 5 nitrogen and oxygen atoms in total. The van der Waals surface area contributed by atoms with Gasteiger partial charge in [-0.2, -0.15) is 0 Å². The molecule has 0 aliphatic carbocycles. The zero-order chi connectivity index (χ0) is 19.3.